The molecule has 6 heteroatoms. The number of aromatic hydroxyl groups is 1. The number of amides is 2. The third-order valence-electron chi connectivity index (χ3n) is 5.87. The topological polar surface area (TPSA) is 78.9 Å². The number of carbonyl (C=O) groups is 2. The quantitative estimate of drug-likeness (QED) is 0.568. The van der Waals surface area contributed by atoms with Gasteiger partial charge in [-0.3, -0.25) is 9.59 Å². The lowest BCUT2D eigenvalue weighted by atomic mass is 9.83. The predicted octanol–water partition coefficient (Wildman–Crippen LogP) is 4.83. The molecule has 0 aromatic heterocycles. The van der Waals surface area contributed by atoms with Gasteiger partial charge in [0.15, 0.2) is 0 Å². The van der Waals surface area contributed by atoms with Crippen LogP contribution in [-0.2, 0) is 9.59 Å². The van der Waals surface area contributed by atoms with Crippen LogP contribution < -0.4 is 15.0 Å². The molecule has 1 heterocycles. The molecule has 2 atom stereocenters. The van der Waals surface area contributed by atoms with Crippen molar-refractivity contribution in [3.8, 4) is 11.5 Å². The van der Waals surface area contributed by atoms with Gasteiger partial charge in [-0.2, -0.15) is 0 Å². The summed E-state index contributed by atoms with van der Waals surface area (Å²) in [5, 5.41) is 12.9. The van der Waals surface area contributed by atoms with Crippen molar-refractivity contribution in [1.82, 2.24) is 0 Å². The third-order valence-corrected chi connectivity index (χ3v) is 5.87. The zero-order chi connectivity index (χ0) is 22.7. The van der Waals surface area contributed by atoms with Gasteiger partial charge >= 0.3 is 0 Å². The number of nitrogens with zero attached hydrogens (tertiary/aromatic N) is 1. The van der Waals surface area contributed by atoms with Crippen molar-refractivity contribution >= 4 is 23.2 Å². The average molecular weight is 431 g/mol. The minimum absolute atomic E-state index is 0.00382. The van der Waals surface area contributed by atoms with E-state index in [4.69, 9.17) is 4.74 Å². The van der Waals surface area contributed by atoms with Crippen molar-refractivity contribution in [2.45, 2.75) is 25.8 Å². The number of piperidine rings is 1. The van der Waals surface area contributed by atoms with Crippen molar-refractivity contribution in [2.24, 2.45) is 5.92 Å². The van der Waals surface area contributed by atoms with E-state index in [0.717, 1.165) is 16.8 Å². The molecule has 2 N–H and O–H groups in total. The van der Waals surface area contributed by atoms with Crippen LogP contribution in [0, 0.1) is 12.8 Å². The Morgan fingerprint density at radius 3 is 2.38 bits per heavy atom. The molecular formula is C26H26N2O4. The summed E-state index contributed by atoms with van der Waals surface area (Å²) < 4.78 is 5.28. The number of phenols is 1. The summed E-state index contributed by atoms with van der Waals surface area (Å²) in [6.45, 7) is 1.99. The minimum atomic E-state index is -0.498. The molecule has 2 unspecified atom stereocenters. The van der Waals surface area contributed by atoms with Gasteiger partial charge in [-0.05, 0) is 55.3 Å². The van der Waals surface area contributed by atoms with E-state index >= 15 is 0 Å². The van der Waals surface area contributed by atoms with Crippen LogP contribution in [-0.4, -0.2) is 24.0 Å². The zero-order valence-corrected chi connectivity index (χ0v) is 18.1. The van der Waals surface area contributed by atoms with E-state index in [2.05, 4.69) is 5.32 Å². The van der Waals surface area contributed by atoms with Crippen LogP contribution >= 0.6 is 0 Å². The van der Waals surface area contributed by atoms with Crippen LogP contribution in [0.4, 0.5) is 11.4 Å². The molecule has 0 aliphatic carbocycles. The number of aryl methyl sites for hydroxylation is 1. The number of nitrogens with one attached hydrogen (secondary N) is 1. The number of phenolic OH excluding ortho intramolecular Hbond substituents is 1. The Labute approximate surface area is 187 Å². The molecule has 1 aliphatic rings. The number of benzene rings is 3. The Balaban J connectivity index is 1.74. The lowest BCUT2D eigenvalue weighted by Crippen LogP contribution is -2.47. The number of carbonyl (C=O) groups excluding carboxylic acids is 2. The molecule has 32 heavy (non-hydrogen) atoms. The summed E-state index contributed by atoms with van der Waals surface area (Å²) in [5.74, 6) is -0.0580. The number of ether oxygens (including phenoxy) is 1. The van der Waals surface area contributed by atoms with Gasteiger partial charge in [-0.15, -0.1) is 0 Å². The molecule has 1 aliphatic heterocycles. The van der Waals surface area contributed by atoms with E-state index in [9.17, 15) is 14.7 Å². The van der Waals surface area contributed by atoms with Gasteiger partial charge in [0.2, 0.25) is 11.8 Å². The first-order chi connectivity index (χ1) is 15.5. The Hall–Kier alpha value is -3.80. The molecular weight excluding hydrogens is 404 g/mol. The number of methoxy groups -OCH3 is 1. The van der Waals surface area contributed by atoms with Crippen molar-refractivity contribution in [1.29, 1.82) is 0 Å². The fourth-order valence-electron chi connectivity index (χ4n) is 4.16. The fourth-order valence-corrected chi connectivity index (χ4v) is 4.16. The molecule has 0 bridgehead atoms. The Bertz CT molecular complexity index is 1110. The van der Waals surface area contributed by atoms with Gasteiger partial charge in [0, 0.05) is 12.1 Å². The maximum absolute atomic E-state index is 13.4. The molecule has 4 rings (SSSR count). The first kappa shape index (κ1) is 21.4. The second kappa shape index (κ2) is 9.14. The van der Waals surface area contributed by atoms with E-state index in [1.165, 1.54) is 6.07 Å². The van der Waals surface area contributed by atoms with Gasteiger partial charge in [0.05, 0.1) is 24.8 Å². The van der Waals surface area contributed by atoms with E-state index in [1.807, 2.05) is 55.5 Å². The van der Waals surface area contributed by atoms with Crippen molar-refractivity contribution < 1.29 is 19.4 Å². The van der Waals surface area contributed by atoms with Crippen LogP contribution in [0.2, 0.25) is 0 Å². The molecule has 3 aromatic carbocycles. The van der Waals surface area contributed by atoms with Gasteiger partial charge in [0.1, 0.15) is 11.5 Å². The van der Waals surface area contributed by atoms with Gasteiger partial charge in [0.25, 0.3) is 0 Å². The van der Waals surface area contributed by atoms with Gasteiger partial charge < -0.3 is 20.1 Å². The van der Waals surface area contributed by atoms with Crippen molar-refractivity contribution in [3.05, 3.63) is 83.9 Å². The summed E-state index contributed by atoms with van der Waals surface area (Å²) in [6, 6.07) is 21.3. The van der Waals surface area contributed by atoms with Crippen LogP contribution in [0.5, 0.6) is 11.5 Å². The first-order valence-corrected chi connectivity index (χ1v) is 10.6. The SMILES string of the molecule is COc1ccc(C2C(C(=O)Nc3ccccc3O)CCC(=O)N2c2ccc(C)cc2)cc1. The zero-order valence-electron chi connectivity index (χ0n) is 18.1. The number of anilines is 2. The Morgan fingerprint density at radius 1 is 1.03 bits per heavy atom. The summed E-state index contributed by atoms with van der Waals surface area (Å²) in [4.78, 5) is 28.2. The Kier molecular flexibility index (Phi) is 6.12. The lowest BCUT2D eigenvalue weighted by molar-refractivity contribution is -0.125. The van der Waals surface area contributed by atoms with Crippen molar-refractivity contribution in [2.75, 3.05) is 17.3 Å². The molecule has 6 nitrogen and oxygen atoms in total. The fraction of sp³-hybridized carbons (Fsp3) is 0.231. The van der Waals surface area contributed by atoms with Crippen LogP contribution in [0.1, 0.15) is 30.0 Å². The first-order valence-electron chi connectivity index (χ1n) is 10.6. The van der Waals surface area contributed by atoms with Crippen LogP contribution in [0.25, 0.3) is 0 Å². The van der Waals surface area contributed by atoms with Crippen LogP contribution in [0.3, 0.4) is 0 Å². The van der Waals surface area contributed by atoms with E-state index in [-0.39, 0.29) is 24.0 Å². The van der Waals surface area contributed by atoms with Gasteiger partial charge in [-0.1, -0.05) is 42.0 Å². The highest BCUT2D eigenvalue weighted by molar-refractivity contribution is 6.00. The van der Waals surface area contributed by atoms with E-state index in [1.54, 1.807) is 30.2 Å². The summed E-state index contributed by atoms with van der Waals surface area (Å²) in [6.07, 6.45) is 0.677. The largest absolute Gasteiger partial charge is 0.506 e. The normalized spacial score (nSPS) is 18.3. The molecule has 2 amide bonds. The third kappa shape index (κ3) is 4.30. The molecule has 1 fully saturated rings. The molecule has 0 saturated carbocycles. The van der Waals surface area contributed by atoms with Crippen molar-refractivity contribution in [3.63, 3.8) is 0 Å². The molecule has 1 saturated heterocycles. The average Bonchev–Trinajstić information content (AvgIpc) is 2.81. The maximum atomic E-state index is 13.4. The standard InChI is InChI=1S/C26H26N2O4/c1-17-7-11-19(12-8-17)28-24(30)16-15-21(25(28)18-9-13-20(32-2)14-10-18)26(31)27-22-5-3-4-6-23(22)29/h3-14,21,25,29H,15-16H2,1-2H3,(H,27,31). The lowest BCUT2D eigenvalue weighted by Gasteiger charge is -2.41. The molecule has 164 valence electrons. The van der Waals surface area contributed by atoms with E-state index < -0.39 is 12.0 Å². The molecule has 0 spiro atoms. The summed E-state index contributed by atoms with van der Waals surface area (Å²) >= 11 is 0. The highest BCUT2D eigenvalue weighted by atomic mass is 16.5. The monoisotopic (exact) mass is 430 g/mol. The predicted molar refractivity (Wildman–Crippen MR) is 124 cm³/mol. The van der Waals surface area contributed by atoms with Gasteiger partial charge in [-0.25, -0.2) is 0 Å². The summed E-state index contributed by atoms with van der Waals surface area (Å²) in [5.41, 5.74) is 3.04. The Morgan fingerprint density at radius 2 is 1.72 bits per heavy atom. The maximum Gasteiger partial charge on any atom is 0.230 e. The highest BCUT2D eigenvalue weighted by Gasteiger charge is 2.41. The number of hydrogen-bond donors (Lipinski definition) is 2. The number of hydrogen-bond acceptors (Lipinski definition) is 4. The smallest absolute Gasteiger partial charge is 0.230 e. The van der Waals surface area contributed by atoms with Crippen LogP contribution in [0.15, 0.2) is 72.8 Å². The highest BCUT2D eigenvalue weighted by Crippen LogP contribution is 2.41. The molecule has 3 aromatic rings. The second-order valence-electron chi connectivity index (χ2n) is 7.97. The summed E-state index contributed by atoms with van der Waals surface area (Å²) in [7, 11) is 1.60. The van der Waals surface area contributed by atoms with E-state index in [0.29, 0.717) is 17.9 Å². The number of rotatable bonds is 5. The molecule has 0 radical (unpaired) electrons. The second-order valence-corrected chi connectivity index (χ2v) is 7.97. The minimum Gasteiger partial charge on any atom is -0.506 e. The number of para-hydroxylation sites is 2.